The fourth-order valence-electron chi connectivity index (χ4n) is 17.7. The molecule has 0 unspecified atom stereocenters. The zero-order valence-corrected chi connectivity index (χ0v) is 73.5. The van der Waals surface area contributed by atoms with Crippen molar-refractivity contribution in [2.24, 2.45) is 89.3 Å². The molecule has 11 rings (SSSR count). The number of hydrogen-bond donors (Lipinski definition) is 12. The molecule has 14 atom stereocenters. The summed E-state index contributed by atoms with van der Waals surface area (Å²) >= 11 is 0. The highest BCUT2D eigenvalue weighted by atomic mass is 16.5. The van der Waals surface area contributed by atoms with Gasteiger partial charge < -0.3 is 139 Å². The van der Waals surface area contributed by atoms with Crippen molar-refractivity contribution >= 4 is 93.9 Å². The summed E-state index contributed by atoms with van der Waals surface area (Å²) in [5, 5.41) is 24.2. The van der Waals surface area contributed by atoms with Crippen LogP contribution in [0.25, 0.3) is 33.4 Å². The van der Waals surface area contributed by atoms with E-state index in [1.54, 1.807) is 0 Å². The van der Waals surface area contributed by atoms with Crippen molar-refractivity contribution in [1.82, 2.24) is 39.6 Å². The Hall–Kier alpha value is -11.6. The number of carbonyl (C=O) groups excluding carboxylic acids is 9. The van der Waals surface area contributed by atoms with Crippen LogP contribution in [0.3, 0.4) is 0 Å². The number of phenols is 1. The maximum Gasteiger partial charge on any atom is 0.336 e. The van der Waals surface area contributed by atoms with E-state index in [1.165, 1.54) is 82.8 Å². The molecular formula is C86H125N21O21. The predicted molar refractivity (Wildman–Crippen MR) is 469 cm³/mol. The molecule has 9 aliphatic rings. The number of benzene rings is 3. The summed E-state index contributed by atoms with van der Waals surface area (Å²) in [7, 11) is 0. The summed E-state index contributed by atoms with van der Waals surface area (Å²) in [6.45, 7) is 11.8. The van der Waals surface area contributed by atoms with Crippen LogP contribution in [0.2, 0.25) is 0 Å². The van der Waals surface area contributed by atoms with Gasteiger partial charge in [0.25, 0.3) is 5.91 Å². The van der Waals surface area contributed by atoms with Gasteiger partial charge in [0.15, 0.2) is 29.3 Å². The summed E-state index contributed by atoms with van der Waals surface area (Å²) in [5.74, 6) is -8.32. The molecule has 0 saturated carbocycles. The lowest BCUT2D eigenvalue weighted by Crippen LogP contribution is -2.59. The smallest absolute Gasteiger partial charge is 0.336 e. The number of carbonyl (C=O) groups is 10. The van der Waals surface area contributed by atoms with Crippen LogP contribution < -0.4 is 62.3 Å². The third kappa shape index (κ3) is 24.8. The first-order valence-corrected chi connectivity index (χ1v) is 43.8. The summed E-state index contributed by atoms with van der Waals surface area (Å²) < 4.78 is 50.8. The number of rotatable bonds is 41. The van der Waals surface area contributed by atoms with Gasteiger partial charge in [-0.05, 0) is 85.4 Å². The topological polar surface area (TPSA) is 624 Å². The first kappa shape index (κ1) is 97.1. The van der Waals surface area contributed by atoms with Gasteiger partial charge in [-0.25, -0.2) is 4.79 Å². The Morgan fingerprint density at radius 1 is 0.422 bits per heavy atom. The fourth-order valence-corrected chi connectivity index (χ4v) is 17.7. The van der Waals surface area contributed by atoms with Crippen LogP contribution in [-0.4, -0.2) is 337 Å². The van der Waals surface area contributed by atoms with Crippen molar-refractivity contribution in [2.75, 3.05) is 125 Å². The second-order valence-electron chi connectivity index (χ2n) is 34.9. The van der Waals surface area contributed by atoms with E-state index in [9.17, 15) is 29.4 Å². The zero-order chi connectivity index (χ0) is 92.5. The number of amides is 9. The Kier molecular flexibility index (Phi) is 33.7. The Balaban J connectivity index is 0.902. The quantitative estimate of drug-likeness (QED) is 0.0106. The highest BCUT2D eigenvalue weighted by Crippen LogP contribution is 2.44. The molecule has 8 heterocycles. The summed E-state index contributed by atoms with van der Waals surface area (Å²) in [4.78, 5) is 191. The minimum absolute atomic E-state index is 0.000633. The van der Waals surface area contributed by atoms with Crippen LogP contribution in [0.5, 0.6) is 5.75 Å². The van der Waals surface area contributed by atoms with Crippen molar-refractivity contribution in [2.45, 2.75) is 197 Å². The molecule has 2 aromatic rings. The molecule has 0 spiro atoms. The lowest BCUT2D eigenvalue weighted by atomic mass is 9.90. The van der Waals surface area contributed by atoms with E-state index >= 15 is 33.6 Å². The number of hydrogen-bond acceptors (Lipinski definition) is 24. The molecule has 7 fully saturated rings. The first-order chi connectivity index (χ1) is 61.0. The standard InChI is InChI=1S/C86H125N21O21/c1-46(2)43-125-56-28-63(74(87)111)102(41-56)77(114)65-29-52(121-21-7-17-96-83(88)89)38-104(65)79(116)67-31-54(123-23-9-19-98-85(92)93)40-106(67)81(118)69-34-58(127-45-48(5)6)42-107(69)80(117)68-32-55(124-24-10-20-99-86(94)95)39-105(68)78(115)66-30-53(122-22-8-18-97-84(90)91)37-103(66)76(113)64-33-57(126-44-47(3)4)36-101(64)72(110)35-100-75(112)49-11-14-59(62(25-49)82(119)120)73-60-15-12-50(108)26-70(60)128-71-27-51(109)13-16-61(71)73/h11-16,25-27,46-48,52-58,63-69,108H,7-10,17-24,28-45H2,1-6H3,(H2,87,111)(H,100,112)(H,119,120)(H4,88,89,96)(H4,90,91,97)(H4,92,93,98)(H4,94,95,99)/t52-,53-,54-,55-,56-,57-,58-,63+,64+,65+,66+,67+,68+,69+/m1/s1. The Morgan fingerprint density at radius 2 is 0.750 bits per heavy atom. The summed E-state index contributed by atoms with van der Waals surface area (Å²) in [5.41, 5.74) is 51.4. The van der Waals surface area contributed by atoms with Crippen LogP contribution in [0, 0.1) is 17.8 Å². The number of nitrogens with zero attached hydrogens (tertiary/aromatic N) is 11. The molecule has 9 amide bonds. The molecular weight excluding hydrogens is 1660 g/mol. The highest BCUT2D eigenvalue weighted by molar-refractivity contribution is 6.10. The van der Waals surface area contributed by atoms with E-state index in [0.29, 0.717) is 48.8 Å². The zero-order valence-electron chi connectivity index (χ0n) is 73.5. The molecule has 0 radical (unpaired) electrons. The van der Waals surface area contributed by atoms with Crippen LogP contribution in [0.1, 0.15) is 133 Å². The number of nitrogens with one attached hydrogen (secondary N) is 1. The molecule has 21 N–H and O–H groups in total. The van der Waals surface area contributed by atoms with Crippen molar-refractivity contribution in [1.29, 1.82) is 0 Å². The van der Waals surface area contributed by atoms with Gasteiger partial charge >= 0.3 is 5.97 Å². The third-order valence-corrected chi connectivity index (χ3v) is 23.6. The van der Waals surface area contributed by atoms with Crippen LogP contribution in [0.15, 0.2) is 83.8 Å². The maximum absolute atomic E-state index is 16.5. The number of guanidine groups is 4. The van der Waals surface area contributed by atoms with E-state index in [-0.39, 0.29) is 232 Å². The second kappa shape index (κ2) is 44.4. The number of carboxylic acid groups (broad SMARTS) is 1. The maximum atomic E-state index is 16.5. The van der Waals surface area contributed by atoms with Crippen molar-refractivity contribution in [3.05, 3.63) is 75.9 Å². The number of aliphatic imine (C=N–C) groups is 4. The number of ether oxygens (including phenoxy) is 7. The van der Waals surface area contributed by atoms with Gasteiger partial charge in [0.2, 0.25) is 47.3 Å². The Labute approximate surface area is 741 Å². The molecule has 8 aliphatic heterocycles. The molecule has 1 aliphatic carbocycles. The molecule has 128 heavy (non-hydrogen) atoms. The van der Waals surface area contributed by atoms with Gasteiger partial charge in [-0.1, -0.05) is 47.6 Å². The highest BCUT2D eigenvalue weighted by Gasteiger charge is 2.57. The molecule has 7 saturated heterocycles. The predicted octanol–water partition coefficient (Wildman–Crippen LogP) is -1.29. The van der Waals surface area contributed by atoms with Gasteiger partial charge in [-0.3, -0.25) is 67.9 Å². The minimum Gasteiger partial charge on any atom is -0.508 e. The van der Waals surface area contributed by atoms with E-state index in [4.69, 9.17) is 89.2 Å². The normalized spacial score (nSPS) is 24.0. The van der Waals surface area contributed by atoms with Gasteiger partial charge in [0, 0.05) is 197 Å². The van der Waals surface area contributed by atoms with Crippen molar-refractivity contribution < 1.29 is 95.7 Å². The third-order valence-electron chi connectivity index (χ3n) is 23.6. The summed E-state index contributed by atoms with van der Waals surface area (Å²) in [6.07, 6.45) is -4.37. The lowest BCUT2D eigenvalue weighted by Gasteiger charge is -2.36. The van der Waals surface area contributed by atoms with E-state index < -0.39 is 156 Å². The van der Waals surface area contributed by atoms with Crippen LogP contribution >= 0.6 is 0 Å². The van der Waals surface area contributed by atoms with Crippen LogP contribution in [0.4, 0.5) is 0 Å². The molecule has 2 aromatic carbocycles. The SMILES string of the molecule is CC(C)CO[C@@H]1C[C@@H](C(=O)N2C[C@H](OCCCN=C(N)N)C[C@H]2C(=O)N2C[C@H](OCCCN=C(N)N)C[C@H]2C(=O)N2C[C@H](OCC(C)C)C[C@H]2C(=O)N2C[C@H](OCCCN=C(N)N)C[C@H]2C(=O)N2C[C@H](OCCCN=C(N)N)C[C@H]2C(=O)N2C[C@H](OCC(C)C)C[C@H]2C(N)=O)N(C(=O)CNC(=O)c2ccc(-c3c4ccc(=O)cc-4oc4cc(O)ccc34)c(C(=O)O)c2)C1. The second-order valence-corrected chi connectivity index (χ2v) is 34.9. The molecule has 700 valence electrons. The largest absolute Gasteiger partial charge is 0.508 e. The average Bonchev–Trinajstić information content (AvgIpc) is 1.29. The van der Waals surface area contributed by atoms with E-state index in [1.807, 2.05) is 41.5 Å². The van der Waals surface area contributed by atoms with Gasteiger partial charge in [-0.15, -0.1) is 0 Å². The van der Waals surface area contributed by atoms with Crippen molar-refractivity contribution in [3.63, 3.8) is 0 Å². The van der Waals surface area contributed by atoms with Gasteiger partial charge in [0.05, 0.1) is 54.8 Å². The number of primary amides is 1. The van der Waals surface area contributed by atoms with Crippen LogP contribution in [-0.2, 0) is 71.5 Å². The Morgan fingerprint density at radius 3 is 1.09 bits per heavy atom. The number of carboxylic acids is 1. The fraction of sp³-hybridized carbons (Fsp3) is 0.616. The molecule has 42 heteroatoms. The van der Waals surface area contributed by atoms with E-state index in [2.05, 4.69) is 25.3 Å². The molecule has 0 aromatic heterocycles. The van der Waals surface area contributed by atoms with E-state index in [0.717, 1.165) is 6.07 Å². The number of fused-ring (bicyclic) bond motifs is 2. The molecule has 0 bridgehead atoms. The first-order valence-electron chi connectivity index (χ1n) is 43.8. The lowest BCUT2D eigenvalue weighted by molar-refractivity contribution is -0.155. The number of likely N-dealkylation sites (tertiary alicyclic amines) is 7. The number of aromatic carboxylic acids is 1. The Bertz CT molecular complexity index is 4780. The number of nitrogens with two attached hydrogens (primary N) is 9. The number of phenolic OH excluding ortho intramolecular Hbond substituents is 1. The average molecular weight is 1790 g/mol. The van der Waals surface area contributed by atoms with Gasteiger partial charge in [0.1, 0.15) is 59.4 Å². The van der Waals surface area contributed by atoms with Gasteiger partial charge in [-0.2, -0.15) is 0 Å². The number of aromatic hydroxyl groups is 1. The molecule has 42 nitrogen and oxygen atoms in total. The minimum atomic E-state index is -1.43. The summed E-state index contributed by atoms with van der Waals surface area (Å²) in [6, 6.07) is 3.00. The monoisotopic (exact) mass is 1790 g/mol. The van der Waals surface area contributed by atoms with Crippen molar-refractivity contribution in [3.8, 4) is 28.2 Å².